The lowest BCUT2D eigenvalue weighted by atomic mass is 9.95. The third-order valence-electron chi connectivity index (χ3n) is 3.62. The Labute approximate surface area is 115 Å². The largest absolute Gasteiger partial charge is 0.477 e. The van der Waals surface area contributed by atoms with Gasteiger partial charge >= 0.3 is 5.97 Å². The molecule has 20 heavy (non-hydrogen) atoms. The highest BCUT2D eigenvalue weighted by Crippen LogP contribution is 2.20. The van der Waals surface area contributed by atoms with E-state index in [4.69, 9.17) is 9.94 Å². The Balaban J connectivity index is 1.84. The highest BCUT2D eigenvalue weighted by atomic mass is 16.6. The smallest absolute Gasteiger partial charge is 0.353 e. The van der Waals surface area contributed by atoms with Gasteiger partial charge in [0.25, 0.3) is 5.91 Å². The predicted molar refractivity (Wildman–Crippen MR) is 67.9 cm³/mol. The van der Waals surface area contributed by atoms with E-state index in [1.165, 1.54) is 0 Å². The zero-order valence-corrected chi connectivity index (χ0v) is 11.2. The molecule has 8 nitrogen and oxygen atoms in total. The van der Waals surface area contributed by atoms with Crippen LogP contribution in [0.2, 0.25) is 0 Å². The van der Waals surface area contributed by atoms with E-state index in [0.717, 1.165) is 0 Å². The quantitative estimate of drug-likeness (QED) is 0.705. The van der Waals surface area contributed by atoms with Crippen LogP contribution in [0.4, 0.5) is 0 Å². The van der Waals surface area contributed by atoms with Gasteiger partial charge in [0.1, 0.15) is 0 Å². The van der Waals surface area contributed by atoms with E-state index < -0.39 is 12.1 Å². The molecule has 0 spiro atoms. The van der Waals surface area contributed by atoms with Crippen LogP contribution in [-0.4, -0.2) is 59.7 Å². The Morgan fingerprint density at radius 1 is 1.35 bits per heavy atom. The van der Waals surface area contributed by atoms with Crippen molar-refractivity contribution >= 4 is 23.5 Å². The number of amides is 2. The van der Waals surface area contributed by atoms with Crippen LogP contribution >= 0.6 is 0 Å². The molecule has 0 radical (unpaired) electrons. The minimum absolute atomic E-state index is 0.00860. The summed E-state index contributed by atoms with van der Waals surface area (Å²) in [7, 11) is 1.59. The van der Waals surface area contributed by atoms with Crippen molar-refractivity contribution in [3.8, 4) is 0 Å². The molecule has 0 aromatic rings. The number of likely N-dealkylation sites (tertiary alicyclic amines) is 1. The molecule has 1 atom stereocenters. The maximum Gasteiger partial charge on any atom is 0.353 e. The van der Waals surface area contributed by atoms with E-state index in [1.807, 2.05) is 0 Å². The molecule has 1 saturated heterocycles. The van der Waals surface area contributed by atoms with Crippen molar-refractivity contribution in [2.45, 2.75) is 25.4 Å². The molecule has 2 aliphatic rings. The number of carboxylic acid groups (broad SMARTS) is 1. The first-order valence-electron chi connectivity index (χ1n) is 6.49. The first-order valence-corrected chi connectivity index (χ1v) is 6.49. The zero-order chi connectivity index (χ0) is 14.7. The number of carbonyl (C=O) groups excluding carboxylic acids is 2. The van der Waals surface area contributed by atoms with E-state index in [-0.39, 0.29) is 29.9 Å². The molecule has 110 valence electrons. The lowest BCUT2D eigenvalue weighted by Gasteiger charge is -2.32. The number of rotatable bonds is 3. The number of nitrogens with zero attached hydrogens (tertiary/aromatic N) is 2. The second kappa shape index (κ2) is 5.89. The molecule has 0 aliphatic carbocycles. The SMILES string of the molecule is CNC(=O)C1CCN(C(=O)C2CC(C(=O)O)=NO2)CC1. The van der Waals surface area contributed by atoms with Gasteiger partial charge in [0.05, 0.1) is 0 Å². The fourth-order valence-electron chi connectivity index (χ4n) is 2.41. The molecule has 2 N–H and O–H groups in total. The molecule has 2 rings (SSSR count). The van der Waals surface area contributed by atoms with Crippen LogP contribution in [0, 0.1) is 5.92 Å². The number of carbonyl (C=O) groups is 3. The molecule has 2 aliphatic heterocycles. The van der Waals surface area contributed by atoms with Crippen molar-refractivity contribution in [3.05, 3.63) is 0 Å². The first kappa shape index (κ1) is 14.3. The summed E-state index contributed by atoms with van der Waals surface area (Å²) in [5, 5.41) is 14.8. The normalized spacial score (nSPS) is 22.9. The average molecular weight is 283 g/mol. The zero-order valence-electron chi connectivity index (χ0n) is 11.2. The lowest BCUT2D eigenvalue weighted by molar-refractivity contribution is -0.144. The summed E-state index contributed by atoms with van der Waals surface area (Å²) in [6.07, 6.45) is 0.344. The molecule has 1 unspecified atom stereocenters. The van der Waals surface area contributed by atoms with Crippen LogP contribution in [0.1, 0.15) is 19.3 Å². The lowest BCUT2D eigenvalue weighted by Crippen LogP contribution is -2.46. The summed E-state index contributed by atoms with van der Waals surface area (Å²) in [6.45, 7) is 0.943. The van der Waals surface area contributed by atoms with Crippen molar-refractivity contribution in [1.82, 2.24) is 10.2 Å². The van der Waals surface area contributed by atoms with E-state index >= 15 is 0 Å². The molecular formula is C12H17N3O5. The monoisotopic (exact) mass is 283 g/mol. The number of aliphatic carboxylic acids is 1. The van der Waals surface area contributed by atoms with E-state index in [9.17, 15) is 14.4 Å². The standard InChI is InChI=1S/C12H17N3O5/c1-13-10(16)7-2-4-15(5-3-7)11(17)9-6-8(12(18)19)14-20-9/h7,9H,2-6H2,1H3,(H,13,16)(H,18,19). The molecule has 1 fully saturated rings. The van der Waals surface area contributed by atoms with Crippen LogP contribution in [0.15, 0.2) is 5.16 Å². The molecule has 8 heteroatoms. The van der Waals surface area contributed by atoms with E-state index in [2.05, 4.69) is 10.5 Å². The van der Waals surface area contributed by atoms with Gasteiger partial charge in [-0.05, 0) is 12.8 Å². The van der Waals surface area contributed by atoms with Crippen molar-refractivity contribution < 1.29 is 24.3 Å². The molecule has 0 bridgehead atoms. The second-order valence-corrected chi connectivity index (χ2v) is 4.86. The Kier molecular flexibility index (Phi) is 4.21. The van der Waals surface area contributed by atoms with Gasteiger partial charge in [-0.3, -0.25) is 9.59 Å². The number of oxime groups is 1. The van der Waals surface area contributed by atoms with Crippen LogP contribution in [0.25, 0.3) is 0 Å². The molecule has 2 heterocycles. The number of carboxylic acids is 1. The minimum atomic E-state index is -1.17. The Morgan fingerprint density at radius 3 is 2.50 bits per heavy atom. The average Bonchev–Trinajstić information content (AvgIpc) is 2.96. The van der Waals surface area contributed by atoms with E-state index in [0.29, 0.717) is 25.9 Å². The minimum Gasteiger partial charge on any atom is -0.477 e. The topological polar surface area (TPSA) is 108 Å². The summed E-state index contributed by atoms with van der Waals surface area (Å²) in [4.78, 5) is 40.8. The Hall–Kier alpha value is -2.12. The molecule has 0 saturated carbocycles. The van der Waals surface area contributed by atoms with Gasteiger partial charge in [0.2, 0.25) is 12.0 Å². The number of nitrogens with one attached hydrogen (secondary N) is 1. The van der Waals surface area contributed by atoms with Gasteiger partial charge in [-0.1, -0.05) is 5.16 Å². The van der Waals surface area contributed by atoms with Crippen molar-refractivity contribution in [2.24, 2.45) is 11.1 Å². The van der Waals surface area contributed by atoms with Gasteiger partial charge in [0, 0.05) is 32.5 Å². The molecular weight excluding hydrogens is 266 g/mol. The van der Waals surface area contributed by atoms with Crippen molar-refractivity contribution in [1.29, 1.82) is 0 Å². The third-order valence-corrected chi connectivity index (χ3v) is 3.62. The molecule has 2 amide bonds. The van der Waals surface area contributed by atoms with Crippen LogP contribution in [0.3, 0.4) is 0 Å². The summed E-state index contributed by atoms with van der Waals surface area (Å²) in [5.41, 5.74) is -0.136. The highest BCUT2D eigenvalue weighted by molar-refractivity contribution is 6.36. The number of hydrogen-bond donors (Lipinski definition) is 2. The summed E-state index contributed by atoms with van der Waals surface area (Å²) in [6, 6.07) is 0. The van der Waals surface area contributed by atoms with Crippen LogP contribution in [-0.2, 0) is 19.2 Å². The highest BCUT2D eigenvalue weighted by Gasteiger charge is 2.36. The summed E-state index contributed by atoms with van der Waals surface area (Å²) >= 11 is 0. The Morgan fingerprint density at radius 2 is 2.00 bits per heavy atom. The summed E-state index contributed by atoms with van der Waals surface area (Å²) < 4.78 is 0. The Bertz CT molecular complexity index is 454. The fraction of sp³-hybridized carbons (Fsp3) is 0.667. The van der Waals surface area contributed by atoms with Gasteiger partial charge in [-0.15, -0.1) is 0 Å². The predicted octanol–water partition coefficient (Wildman–Crippen LogP) is -0.799. The maximum atomic E-state index is 12.1. The first-order chi connectivity index (χ1) is 9.52. The van der Waals surface area contributed by atoms with Gasteiger partial charge in [0.15, 0.2) is 5.71 Å². The van der Waals surface area contributed by atoms with Gasteiger partial charge < -0.3 is 20.2 Å². The van der Waals surface area contributed by atoms with Crippen molar-refractivity contribution in [3.63, 3.8) is 0 Å². The third kappa shape index (κ3) is 2.89. The summed E-state index contributed by atoms with van der Waals surface area (Å²) in [5.74, 6) is -1.51. The molecule has 0 aromatic heterocycles. The van der Waals surface area contributed by atoms with E-state index in [1.54, 1.807) is 11.9 Å². The van der Waals surface area contributed by atoms with Gasteiger partial charge in [-0.2, -0.15) is 0 Å². The fourth-order valence-corrected chi connectivity index (χ4v) is 2.41. The van der Waals surface area contributed by atoms with Crippen LogP contribution in [0.5, 0.6) is 0 Å². The van der Waals surface area contributed by atoms with Gasteiger partial charge in [-0.25, -0.2) is 4.79 Å². The van der Waals surface area contributed by atoms with Crippen LogP contribution < -0.4 is 5.32 Å². The van der Waals surface area contributed by atoms with Crippen molar-refractivity contribution in [2.75, 3.05) is 20.1 Å². The second-order valence-electron chi connectivity index (χ2n) is 4.86. The number of hydrogen-bond acceptors (Lipinski definition) is 5. The molecule has 0 aromatic carbocycles. The maximum absolute atomic E-state index is 12.1. The number of piperidine rings is 1.